The van der Waals surface area contributed by atoms with Crippen LogP contribution in [-0.2, 0) is 0 Å². The van der Waals surface area contributed by atoms with E-state index in [2.05, 4.69) is 56.7 Å². The Morgan fingerprint density at radius 3 is 2.17 bits per heavy atom. The van der Waals surface area contributed by atoms with Gasteiger partial charge in [-0.15, -0.1) is 0 Å². The number of rotatable bonds is 5. The summed E-state index contributed by atoms with van der Waals surface area (Å²) in [5.74, 6) is 3.22. The summed E-state index contributed by atoms with van der Waals surface area (Å²) < 4.78 is 0. The van der Waals surface area contributed by atoms with Gasteiger partial charge in [0.2, 0.25) is 0 Å². The van der Waals surface area contributed by atoms with Crippen LogP contribution in [0.4, 0.5) is 11.6 Å². The van der Waals surface area contributed by atoms with Gasteiger partial charge in [0.05, 0.1) is 0 Å². The van der Waals surface area contributed by atoms with Crippen LogP contribution in [0.25, 0.3) is 0 Å². The molecule has 0 radical (unpaired) electrons. The number of hydrogen-bond donors (Lipinski definition) is 1. The standard InChI is InChI=1S/C14H26N4/c1-8-18(10(4)5)14-11(6)13(15-7)16-12(17-14)9(2)3/h9-10H,8H2,1-7H3,(H,15,16,17). The van der Waals surface area contributed by atoms with Crippen LogP contribution >= 0.6 is 0 Å². The first-order valence-corrected chi connectivity index (χ1v) is 6.75. The summed E-state index contributed by atoms with van der Waals surface area (Å²) in [6, 6.07) is 0.438. The van der Waals surface area contributed by atoms with Crippen LogP contribution in [-0.4, -0.2) is 29.6 Å². The van der Waals surface area contributed by atoms with Gasteiger partial charge in [-0.05, 0) is 27.7 Å². The zero-order valence-electron chi connectivity index (χ0n) is 12.7. The van der Waals surface area contributed by atoms with E-state index in [1.807, 2.05) is 7.05 Å². The van der Waals surface area contributed by atoms with E-state index in [0.717, 1.165) is 29.6 Å². The summed E-state index contributed by atoms with van der Waals surface area (Å²) >= 11 is 0. The number of nitrogens with one attached hydrogen (secondary N) is 1. The molecule has 0 fully saturated rings. The van der Waals surface area contributed by atoms with Gasteiger partial charge in [-0.1, -0.05) is 13.8 Å². The van der Waals surface area contributed by atoms with Gasteiger partial charge in [0, 0.05) is 31.1 Å². The fourth-order valence-electron chi connectivity index (χ4n) is 2.06. The monoisotopic (exact) mass is 250 g/mol. The molecule has 102 valence electrons. The predicted molar refractivity (Wildman–Crippen MR) is 78.6 cm³/mol. The maximum Gasteiger partial charge on any atom is 0.137 e. The van der Waals surface area contributed by atoms with Crippen molar-refractivity contribution in [1.29, 1.82) is 0 Å². The highest BCUT2D eigenvalue weighted by molar-refractivity contribution is 5.59. The Hall–Kier alpha value is -1.32. The van der Waals surface area contributed by atoms with Crippen molar-refractivity contribution < 1.29 is 0 Å². The average molecular weight is 250 g/mol. The van der Waals surface area contributed by atoms with Gasteiger partial charge in [-0.2, -0.15) is 0 Å². The van der Waals surface area contributed by atoms with Crippen molar-refractivity contribution in [2.24, 2.45) is 0 Å². The summed E-state index contributed by atoms with van der Waals surface area (Å²) in [6.45, 7) is 13.8. The fourth-order valence-corrected chi connectivity index (χ4v) is 2.06. The third kappa shape index (κ3) is 2.92. The molecular formula is C14H26N4. The molecule has 0 bridgehead atoms. The molecule has 0 atom stereocenters. The molecule has 0 saturated heterocycles. The molecule has 1 N–H and O–H groups in total. The lowest BCUT2D eigenvalue weighted by atomic mass is 10.2. The lowest BCUT2D eigenvalue weighted by Crippen LogP contribution is -2.32. The first kappa shape index (κ1) is 14.7. The minimum Gasteiger partial charge on any atom is -0.373 e. The molecule has 0 aliphatic rings. The minimum absolute atomic E-state index is 0.335. The average Bonchev–Trinajstić information content (AvgIpc) is 2.31. The molecule has 0 spiro atoms. The Morgan fingerprint density at radius 2 is 1.78 bits per heavy atom. The minimum atomic E-state index is 0.335. The van der Waals surface area contributed by atoms with Gasteiger partial charge in [0.25, 0.3) is 0 Å². The molecule has 1 heterocycles. The third-order valence-corrected chi connectivity index (χ3v) is 3.13. The molecule has 0 unspecified atom stereocenters. The molecule has 1 aromatic heterocycles. The first-order chi connectivity index (χ1) is 8.42. The molecule has 4 nitrogen and oxygen atoms in total. The van der Waals surface area contributed by atoms with Crippen molar-refractivity contribution in [3.05, 3.63) is 11.4 Å². The molecule has 1 rings (SSSR count). The van der Waals surface area contributed by atoms with Crippen molar-refractivity contribution in [3.8, 4) is 0 Å². The predicted octanol–water partition coefficient (Wildman–Crippen LogP) is 3.18. The SMILES string of the molecule is CCN(c1nc(C(C)C)nc(NC)c1C)C(C)C. The zero-order chi connectivity index (χ0) is 13.9. The van der Waals surface area contributed by atoms with Crippen molar-refractivity contribution in [2.75, 3.05) is 23.8 Å². The normalized spacial score (nSPS) is 11.2. The molecule has 0 aliphatic heterocycles. The van der Waals surface area contributed by atoms with Crippen LogP contribution in [0.1, 0.15) is 51.9 Å². The summed E-state index contributed by atoms with van der Waals surface area (Å²) in [4.78, 5) is 11.6. The lowest BCUT2D eigenvalue weighted by Gasteiger charge is -2.29. The Balaban J connectivity index is 3.36. The molecular weight excluding hydrogens is 224 g/mol. The summed E-state index contributed by atoms with van der Waals surface area (Å²) in [6.07, 6.45) is 0. The smallest absolute Gasteiger partial charge is 0.137 e. The van der Waals surface area contributed by atoms with E-state index in [-0.39, 0.29) is 0 Å². The summed E-state index contributed by atoms with van der Waals surface area (Å²) in [5, 5.41) is 3.17. The van der Waals surface area contributed by atoms with Gasteiger partial charge >= 0.3 is 0 Å². The maximum atomic E-state index is 4.75. The summed E-state index contributed by atoms with van der Waals surface area (Å²) in [5.41, 5.74) is 1.12. The van der Waals surface area contributed by atoms with Crippen LogP contribution in [0.2, 0.25) is 0 Å². The van der Waals surface area contributed by atoms with Gasteiger partial charge in [-0.3, -0.25) is 0 Å². The lowest BCUT2D eigenvalue weighted by molar-refractivity contribution is 0.677. The van der Waals surface area contributed by atoms with E-state index in [4.69, 9.17) is 4.98 Å². The largest absolute Gasteiger partial charge is 0.373 e. The maximum absolute atomic E-state index is 4.75. The van der Waals surface area contributed by atoms with Crippen LogP contribution in [0.3, 0.4) is 0 Å². The molecule has 0 aromatic carbocycles. The van der Waals surface area contributed by atoms with E-state index < -0.39 is 0 Å². The van der Waals surface area contributed by atoms with Gasteiger partial charge < -0.3 is 10.2 Å². The third-order valence-electron chi connectivity index (χ3n) is 3.13. The molecule has 0 saturated carbocycles. The van der Waals surface area contributed by atoms with E-state index in [0.29, 0.717) is 12.0 Å². The highest BCUT2D eigenvalue weighted by Crippen LogP contribution is 2.26. The van der Waals surface area contributed by atoms with Crippen molar-refractivity contribution in [1.82, 2.24) is 9.97 Å². The van der Waals surface area contributed by atoms with E-state index in [1.54, 1.807) is 0 Å². The highest BCUT2D eigenvalue weighted by Gasteiger charge is 2.18. The second-order valence-electron chi connectivity index (χ2n) is 5.16. The Morgan fingerprint density at radius 1 is 1.17 bits per heavy atom. The molecule has 0 aliphatic carbocycles. The van der Waals surface area contributed by atoms with Crippen LogP contribution in [0.5, 0.6) is 0 Å². The topological polar surface area (TPSA) is 41.1 Å². The Kier molecular flexibility index (Phi) is 4.93. The molecule has 0 amide bonds. The molecule has 18 heavy (non-hydrogen) atoms. The fraction of sp³-hybridized carbons (Fsp3) is 0.714. The van der Waals surface area contributed by atoms with Gasteiger partial charge in [0.1, 0.15) is 17.5 Å². The number of anilines is 2. The van der Waals surface area contributed by atoms with E-state index in [9.17, 15) is 0 Å². The van der Waals surface area contributed by atoms with Crippen LogP contribution in [0, 0.1) is 6.92 Å². The molecule has 4 heteroatoms. The van der Waals surface area contributed by atoms with Crippen molar-refractivity contribution in [2.45, 2.75) is 53.5 Å². The number of nitrogens with zero attached hydrogens (tertiary/aromatic N) is 3. The van der Waals surface area contributed by atoms with Crippen LogP contribution < -0.4 is 10.2 Å². The van der Waals surface area contributed by atoms with Gasteiger partial charge in [0.15, 0.2) is 0 Å². The van der Waals surface area contributed by atoms with Crippen LogP contribution in [0.15, 0.2) is 0 Å². The van der Waals surface area contributed by atoms with E-state index in [1.165, 1.54) is 0 Å². The highest BCUT2D eigenvalue weighted by atomic mass is 15.2. The number of hydrogen-bond acceptors (Lipinski definition) is 4. The quantitative estimate of drug-likeness (QED) is 0.871. The first-order valence-electron chi connectivity index (χ1n) is 6.75. The van der Waals surface area contributed by atoms with Crippen molar-refractivity contribution in [3.63, 3.8) is 0 Å². The van der Waals surface area contributed by atoms with Gasteiger partial charge in [-0.25, -0.2) is 9.97 Å². The second kappa shape index (κ2) is 6.03. The molecule has 1 aromatic rings. The Bertz CT molecular complexity index is 399. The Labute approximate surface area is 111 Å². The zero-order valence-corrected chi connectivity index (χ0v) is 12.7. The van der Waals surface area contributed by atoms with E-state index >= 15 is 0 Å². The number of aromatic nitrogens is 2. The summed E-state index contributed by atoms with van der Waals surface area (Å²) in [7, 11) is 1.91. The van der Waals surface area contributed by atoms with Crippen molar-refractivity contribution >= 4 is 11.6 Å². The second-order valence-corrected chi connectivity index (χ2v) is 5.16.